The van der Waals surface area contributed by atoms with Gasteiger partial charge < -0.3 is 0 Å². The van der Waals surface area contributed by atoms with Crippen molar-refractivity contribution in [3.63, 3.8) is 0 Å². The SMILES string of the molecule is CC(C)CNC(=O)C[As+](c1ccccc1)(c1ccccc1)c1ccccc1. The summed E-state index contributed by atoms with van der Waals surface area (Å²) in [4.78, 5) is 13.0. The van der Waals surface area contributed by atoms with Gasteiger partial charge >= 0.3 is 165 Å². The molecule has 3 rings (SSSR count). The molecule has 0 unspecified atom stereocenters. The van der Waals surface area contributed by atoms with Gasteiger partial charge in [-0.3, -0.25) is 0 Å². The minimum absolute atomic E-state index is 0.146. The molecule has 0 bridgehead atoms. The molecule has 0 saturated carbocycles. The van der Waals surface area contributed by atoms with Crippen LogP contribution in [0, 0.1) is 5.92 Å². The normalized spacial score (nSPS) is 11.4. The van der Waals surface area contributed by atoms with Gasteiger partial charge in [-0.1, -0.05) is 0 Å². The molecule has 0 spiro atoms. The van der Waals surface area contributed by atoms with Crippen molar-refractivity contribution in [2.75, 3.05) is 6.54 Å². The summed E-state index contributed by atoms with van der Waals surface area (Å²) in [5.74, 6) is 0.590. The van der Waals surface area contributed by atoms with Gasteiger partial charge in [0.2, 0.25) is 0 Å². The van der Waals surface area contributed by atoms with Crippen LogP contribution in [0.15, 0.2) is 91.0 Å². The fourth-order valence-corrected chi connectivity index (χ4v) is 11.8. The van der Waals surface area contributed by atoms with Crippen LogP contribution in [0.25, 0.3) is 0 Å². The molecule has 0 fully saturated rings. The summed E-state index contributed by atoms with van der Waals surface area (Å²) in [5, 5.41) is 3.70. The van der Waals surface area contributed by atoms with Gasteiger partial charge in [-0.25, -0.2) is 0 Å². The molecule has 3 aromatic rings. The number of amides is 1. The van der Waals surface area contributed by atoms with Gasteiger partial charge in [0.15, 0.2) is 0 Å². The summed E-state index contributed by atoms with van der Waals surface area (Å²) in [5.41, 5.74) is 0. The fraction of sp³-hybridized carbons (Fsp3) is 0.208. The van der Waals surface area contributed by atoms with Crippen LogP contribution < -0.4 is 18.4 Å². The van der Waals surface area contributed by atoms with Crippen molar-refractivity contribution >= 4 is 32.5 Å². The third kappa shape index (κ3) is 4.51. The van der Waals surface area contributed by atoms with Gasteiger partial charge in [-0.15, -0.1) is 0 Å². The van der Waals surface area contributed by atoms with Gasteiger partial charge in [-0.2, -0.15) is 0 Å². The Bertz CT molecular complexity index is 751. The molecule has 0 saturated heterocycles. The zero-order chi connectivity index (χ0) is 19.1. The second-order valence-electron chi connectivity index (χ2n) is 7.17. The minimum atomic E-state index is -2.93. The topological polar surface area (TPSA) is 29.1 Å². The van der Waals surface area contributed by atoms with Crippen molar-refractivity contribution in [1.82, 2.24) is 5.32 Å². The van der Waals surface area contributed by atoms with E-state index in [4.69, 9.17) is 0 Å². The molecule has 0 aliphatic rings. The first-order valence-corrected chi connectivity index (χ1v) is 13.6. The number of hydrogen-bond donors (Lipinski definition) is 1. The Morgan fingerprint density at radius 2 is 1.11 bits per heavy atom. The van der Waals surface area contributed by atoms with Crippen molar-refractivity contribution in [3.05, 3.63) is 91.0 Å². The molecule has 1 amide bonds. The van der Waals surface area contributed by atoms with E-state index >= 15 is 0 Å². The molecular formula is C24H27AsNO+. The predicted octanol–water partition coefficient (Wildman–Crippen LogP) is 2.93. The molecule has 138 valence electrons. The first-order valence-electron chi connectivity index (χ1n) is 9.44. The fourth-order valence-electron chi connectivity index (χ4n) is 3.36. The van der Waals surface area contributed by atoms with Crippen LogP contribution in [-0.2, 0) is 4.79 Å². The van der Waals surface area contributed by atoms with Crippen molar-refractivity contribution in [3.8, 4) is 0 Å². The summed E-state index contributed by atoms with van der Waals surface area (Å²) >= 11 is -2.93. The quantitative estimate of drug-likeness (QED) is 0.586. The number of nitrogens with one attached hydrogen (secondary N) is 1. The molecule has 0 atom stereocenters. The van der Waals surface area contributed by atoms with E-state index in [-0.39, 0.29) is 5.91 Å². The van der Waals surface area contributed by atoms with Crippen LogP contribution in [0.5, 0.6) is 0 Å². The van der Waals surface area contributed by atoms with Gasteiger partial charge in [0, 0.05) is 0 Å². The number of carbonyl (C=O) groups is 1. The van der Waals surface area contributed by atoms with Crippen LogP contribution in [0.2, 0.25) is 5.21 Å². The zero-order valence-corrected chi connectivity index (χ0v) is 17.9. The van der Waals surface area contributed by atoms with E-state index in [0.717, 1.165) is 0 Å². The van der Waals surface area contributed by atoms with Gasteiger partial charge in [0.05, 0.1) is 0 Å². The van der Waals surface area contributed by atoms with Crippen molar-refractivity contribution in [1.29, 1.82) is 0 Å². The maximum absolute atomic E-state index is 13.0. The Hall–Kier alpha value is -2.31. The first kappa shape index (κ1) is 19.5. The Morgan fingerprint density at radius 1 is 0.741 bits per heavy atom. The first-order chi connectivity index (χ1) is 13.1. The summed E-state index contributed by atoms with van der Waals surface area (Å²) in [6, 6.07) is 31.8. The maximum atomic E-state index is 13.0. The van der Waals surface area contributed by atoms with Gasteiger partial charge in [-0.05, 0) is 0 Å². The standard InChI is InChI=1S/C24H26AsNO/c1-20(2)19-26-24(27)18-25(21-12-6-3-7-13-21,22-14-8-4-9-15-22)23-16-10-5-11-17-23/h3-17,20H,18-19H2,1-2H3/p+1. The van der Waals surface area contributed by atoms with E-state index in [9.17, 15) is 4.79 Å². The van der Waals surface area contributed by atoms with Crippen LogP contribution in [0.4, 0.5) is 0 Å². The third-order valence-corrected chi connectivity index (χ3v) is 13.7. The van der Waals surface area contributed by atoms with Crippen molar-refractivity contribution in [2.24, 2.45) is 5.92 Å². The van der Waals surface area contributed by atoms with Crippen molar-refractivity contribution < 1.29 is 4.79 Å². The Morgan fingerprint density at radius 3 is 1.44 bits per heavy atom. The molecule has 3 aromatic carbocycles. The molecule has 0 heterocycles. The van der Waals surface area contributed by atoms with Gasteiger partial charge in [0.1, 0.15) is 0 Å². The summed E-state index contributed by atoms with van der Waals surface area (Å²) in [6.07, 6.45) is 0. The molecule has 0 aliphatic carbocycles. The summed E-state index contributed by atoms with van der Waals surface area (Å²) in [6.45, 7) is 4.96. The van der Waals surface area contributed by atoms with E-state index in [0.29, 0.717) is 17.7 Å². The van der Waals surface area contributed by atoms with Crippen LogP contribution >= 0.6 is 0 Å². The average molecular weight is 420 g/mol. The van der Waals surface area contributed by atoms with Crippen LogP contribution in [-0.4, -0.2) is 26.0 Å². The molecule has 0 aromatic heterocycles. The zero-order valence-electron chi connectivity index (χ0n) is 16.0. The molecule has 1 N–H and O–H groups in total. The Labute approximate surface area is 165 Å². The number of carbonyl (C=O) groups excluding carboxylic acids is 1. The molecule has 0 aliphatic heterocycles. The molecule has 3 heteroatoms. The summed E-state index contributed by atoms with van der Waals surface area (Å²) < 4.78 is 3.90. The van der Waals surface area contributed by atoms with E-state index < -0.39 is 13.6 Å². The van der Waals surface area contributed by atoms with E-state index in [1.807, 2.05) is 18.2 Å². The number of rotatable bonds is 7. The van der Waals surface area contributed by atoms with E-state index in [1.54, 1.807) is 0 Å². The second kappa shape index (κ2) is 9.06. The predicted molar refractivity (Wildman–Crippen MR) is 117 cm³/mol. The van der Waals surface area contributed by atoms with Crippen molar-refractivity contribution in [2.45, 2.75) is 19.1 Å². The number of benzene rings is 3. The number of hydrogen-bond acceptors (Lipinski definition) is 1. The van der Waals surface area contributed by atoms with E-state index in [1.165, 1.54) is 13.1 Å². The molecule has 0 radical (unpaired) electrons. The Kier molecular flexibility index (Phi) is 6.53. The van der Waals surface area contributed by atoms with E-state index in [2.05, 4.69) is 92.0 Å². The average Bonchev–Trinajstić information content (AvgIpc) is 2.72. The molecule has 27 heavy (non-hydrogen) atoms. The monoisotopic (exact) mass is 420 g/mol. The molecular weight excluding hydrogens is 393 g/mol. The van der Waals surface area contributed by atoms with Gasteiger partial charge in [0.25, 0.3) is 0 Å². The Balaban J connectivity index is 2.15. The molecule has 2 nitrogen and oxygen atoms in total. The third-order valence-electron chi connectivity index (χ3n) is 4.68. The van der Waals surface area contributed by atoms with Crippen LogP contribution in [0.1, 0.15) is 13.8 Å². The summed E-state index contributed by atoms with van der Waals surface area (Å²) in [7, 11) is 0. The second-order valence-corrected chi connectivity index (χ2v) is 14.5. The van der Waals surface area contributed by atoms with Crippen LogP contribution in [0.3, 0.4) is 0 Å².